The van der Waals surface area contributed by atoms with Crippen molar-refractivity contribution in [1.29, 1.82) is 0 Å². The number of ether oxygens (including phenoxy) is 1. The van der Waals surface area contributed by atoms with E-state index in [2.05, 4.69) is 15.4 Å². The summed E-state index contributed by atoms with van der Waals surface area (Å²) in [5, 5.41) is 5.58. The van der Waals surface area contributed by atoms with Crippen LogP contribution < -0.4 is 15.4 Å². The average molecular weight is 432 g/mol. The number of rotatable bonds is 8. The van der Waals surface area contributed by atoms with E-state index in [9.17, 15) is 18.0 Å². The maximum absolute atomic E-state index is 12.5. The molecule has 0 fully saturated rings. The minimum absolute atomic E-state index is 0.104. The predicted octanol–water partition coefficient (Wildman–Crippen LogP) is 1.77. The van der Waals surface area contributed by atoms with E-state index in [-0.39, 0.29) is 36.4 Å². The van der Waals surface area contributed by atoms with Crippen molar-refractivity contribution < 1.29 is 22.7 Å². The third kappa shape index (κ3) is 4.53. The first kappa shape index (κ1) is 21.9. The molecule has 3 N–H and O–H groups in total. The van der Waals surface area contributed by atoms with Crippen molar-refractivity contribution in [3.63, 3.8) is 0 Å². The minimum atomic E-state index is -3.65. The zero-order valence-electron chi connectivity index (χ0n) is 17.1. The lowest BCUT2D eigenvalue weighted by atomic mass is 9.86. The number of fused-ring (bicyclic) bond motifs is 1. The number of methoxy groups -OCH3 is 1. The van der Waals surface area contributed by atoms with Crippen LogP contribution in [0.3, 0.4) is 0 Å². The average Bonchev–Trinajstić information content (AvgIpc) is 2.94. The number of hydrogen-bond donors (Lipinski definition) is 3. The van der Waals surface area contributed by atoms with Crippen molar-refractivity contribution in [3.8, 4) is 0 Å². The van der Waals surface area contributed by atoms with Crippen molar-refractivity contribution in [1.82, 2.24) is 10.0 Å². The zero-order chi connectivity index (χ0) is 21.9. The molecule has 0 unspecified atom stereocenters. The quantitative estimate of drug-likeness (QED) is 0.551. The predicted molar refractivity (Wildman–Crippen MR) is 113 cm³/mol. The molecule has 9 heteroatoms. The van der Waals surface area contributed by atoms with Gasteiger partial charge in [-0.2, -0.15) is 0 Å². The molecule has 0 spiro atoms. The van der Waals surface area contributed by atoms with Crippen LogP contribution in [0.2, 0.25) is 0 Å². The van der Waals surface area contributed by atoms with Crippen LogP contribution in [0.25, 0.3) is 0 Å². The van der Waals surface area contributed by atoms with Crippen LogP contribution in [0.1, 0.15) is 35.3 Å². The fourth-order valence-electron chi connectivity index (χ4n) is 3.20. The van der Waals surface area contributed by atoms with Gasteiger partial charge in [-0.3, -0.25) is 9.59 Å². The molecule has 0 aromatic heterocycles. The van der Waals surface area contributed by atoms with E-state index in [1.165, 1.54) is 19.2 Å². The molecule has 1 aliphatic heterocycles. The Hall–Kier alpha value is -2.75. The van der Waals surface area contributed by atoms with Gasteiger partial charge < -0.3 is 15.4 Å². The third-order valence-electron chi connectivity index (χ3n) is 5.03. The Morgan fingerprint density at radius 2 is 1.93 bits per heavy atom. The first-order valence-electron chi connectivity index (χ1n) is 9.47. The van der Waals surface area contributed by atoms with Crippen LogP contribution in [0, 0.1) is 0 Å². The summed E-state index contributed by atoms with van der Waals surface area (Å²) in [5.74, 6) is -0.421. The van der Waals surface area contributed by atoms with E-state index in [1.807, 2.05) is 13.8 Å². The Morgan fingerprint density at radius 1 is 1.17 bits per heavy atom. The summed E-state index contributed by atoms with van der Waals surface area (Å²) in [6.07, 6.45) is 0. The Labute approximate surface area is 176 Å². The van der Waals surface area contributed by atoms with Crippen LogP contribution in [-0.4, -0.2) is 40.5 Å². The Kier molecular flexibility index (Phi) is 6.25. The van der Waals surface area contributed by atoms with Gasteiger partial charge in [0.1, 0.15) is 0 Å². The van der Waals surface area contributed by atoms with Crippen LogP contribution in [0.4, 0.5) is 5.69 Å². The molecule has 1 heterocycles. The Morgan fingerprint density at radius 3 is 2.67 bits per heavy atom. The largest absolute Gasteiger partial charge is 0.383 e. The molecular weight excluding hydrogens is 406 g/mol. The summed E-state index contributed by atoms with van der Waals surface area (Å²) in [6, 6.07) is 11.5. The Bertz CT molecular complexity index is 1080. The number of nitrogens with one attached hydrogen (secondary N) is 3. The molecule has 2 amide bonds. The van der Waals surface area contributed by atoms with Crippen molar-refractivity contribution >= 4 is 27.5 Å². The lowest BCUT2D eigenvalue weighted by molar-refractivity contribution is -0.119. The summed E-state index contributed by atoms with van der Waals surface area (Å²) >= 11 is 0. The lowest BCUT2D eigenvalue weighted by Crippen LogP contribution is -2.27. The van der Waals surface area contributed by atoms with Crippen LogP contribution in [-0.2, 0) is 31.5 Å². The summed E-state index contributed by atoms with van der Waals surface area (Å²) in [5.41, 5.74) is 1.91. The monoisotopic (exact) mass is 431 g/mol. The van der Waals surface area contributed by atoms with Gasteiger partial charge in [0.05, 0.1) is 16.9 Å². The molecule has 2 aromatic rings. The number of anilines is 1. The fraction of sp³-hybridized carbons (Fsp3) is 0.333. The second kappa shape index (κ2) is 8.55. The van der Waals surface area contributed by atoms with Crippen molar-refractivity contribution in [2.75, 3.05) is 25.6 Å². The molecule has 0 saturated carbocycles. The third-order valence-corrected chi connectivity index (χ3v) is 6.49. The highest BCUT2D eigenvalue weighted by Gasteiger charge is 2.38. The molecule has 2 aromatic carbocycles. The van der Waals surface area contributed by atoms with Gasteiger partial charge in [-0.1, -0.05) is 18.2 Å². The molecule has 1 aliphatic rings. The molecule has 0 atom stereocenters. The molecular formula is C21H25N3O5S. The standard InChI is InChI=1S/C21H25N3O5S/c1-21(2)17-8-7-15(12-18(17)24-20(21)26)19(25)22-13-14-5-4-6-16(11-14)30(27,28)23-9-10-29-3/h4-8,11-12,23H,9-10,13H2,1-3H3,(H,22,25)(H,24,26). The molecule has 0 aliphatic carbocycles. The Balaban J connectivity index is 1.67. The second-order valence-corrected chi connectivity index (χ2v) is 9.33. The van der Waals surface area contributed by atoms with Gasteiger partial charge in [-0.25, -0.2) is 13.1 Å². The SMILES string of the molecule is COCCNS(=O)(=O)c1cccc(CNC(=O)c2ccc3c(c2)NC(=O)C3(C)C)c1. The van der Waals surface area contributed by atoms with Crippen molar-refractivity contribution in [2.24, 2.45) is 0 Å². The van der Waals surface area contributed by atoms with Gasteiger partial charge in [0.15, 0.2) is 0 Å². The van der Waals surface area contributed by atoms with Crippen LogP contribution in [0.5, 0.6) is 0 Å². The highest BCUT2D eigenvalue weighted by Crippen LogP contribution is 2.37. The topological polar surface area (TPSA) is 114 Å². The molecule has 160 valence electrons. The molecule has 0 saturated heterocycles. The molecule has 3 rings (SSSR count). The number of carbonyl (C=O) groups excluding carboxylic acids is 2. The summed E-state index contributed by atoms with van der Waals surface area (Å²) < 4.78 is 31.9. The van der Waals surface area contributed by atoms with Crippen molar-refractivity contribution in [2.45, 2.75) is 30.7 Å². The highest BCUT2D eigenvalue weighted by atomic mass is 32.2. The molecule has 8 nitrogen and oxygen atoms in total. The van der Waals surface area contributed by atoms with E-state index < -0.39 is 15.4 Å². The summed E-state index contributed by atoms with van der Waals surface area (Å²) in [7, 11) is -2.16. The van der Waals surface area contributed by atoms with Crippen LogP contribution >= 0.6 is 0 Å². The first-order chi connectivity index (χ1) is 14.1. The maximum Gasteiger partial charge on any atom is 0.251 e. The first-order valence-corrected chi connectivity index (χ1v) is 10.9. The smallest absolute Gasteiger partial charge is 0.251 e. The molecule has 30 heavy (non-hydrogen) atoms. The normalized spacial score (nSPS) is 14.8. The second-order valence-electron chi connectivity index (χ2n) is 7.56. The van der Waals surface area contributed by atoms with Gasteiger partial charge in [-0.15, -0.1) is 0 Å². The van der Waals surface area contributed by atoms with Gasteiger partial charge >= 0.3 is 0 Å². The fourth-order valence-corrected chi connectivity index (χ4v) is 4.29. The number of hydrogen-bond acceptors (Lipinski definition) is 5. The van der Waals surface area contributed by atoms with E-state index in [1.54, 1.807) is 30.3 Å². The van der Waals surface area contributed by atoms with E-state index in [0.29, 0.717) is 16.8 Å². The number of sulfonamides is 1. The summed E-state index contributed by atoms with van der Waals surface area (Å²) in [4.78, 5) is 24.7. The molecule has 0 bridgehead atoms. The van der Waals surface area contributed by atoms with E-state index in [4.69, 9.17) is 4.74 Å². The van der Waals surface area contributed by atoms with E-state index >= 15 is 0 Å². The summed E-state index contributed by atoms with van der Waals surface area (Å²) in [6.45, 7) is 4.27. The minimum Gasteiger partial charge on any atom is -0.383 e. The maximum atomic E-state index is 12.5. The van der Waals surface area contributed by atoms with Gasteiger partial charge in [0.25, 0.3) is 5.91 Å². The van der Waals surface area contributed by atoms with Crippen LogP contribution in [0.15, 0.2) is 47.4 Å². The lowest BCUT2D eigenvalue weighted by Gasteiger charge is -2.15. The van der Waals surface area contributed by atoms with E-state index in [0.717, 1.165) is 5.56 Å². The van der Waals surface area contributed by atoms with Gasteiger partial charge in [-0.05, 0) is 49.2 Å². The number of benzene rings is 2. The van der Waals surface area contributed by atoms with Crippen molar-refractivity contribution in [3.05, 3.63) is 59.2 Å². The number of carbonyl (C=O) groups is 2. The zero-order valence-corrected chi connectivity index (χ0v) is 17.9. The van der Waals surface area contributed by atoms with Gasteiger partial charge in [0.2, 0.25) is 15.9 Å². The molecule has 0 radical (unpaired) electrons. The van der Waals surface area contributed by atoms with Gasteiger partial charge in [0, 0.05) is 31.5 Å². The number of amides is 2. The highest BCUT2D eigenvalue weighted by molar-refractivity contribution is 7.89.